The summed E-state index contributed by atoms with van der Waals surface area (Å²) >= 11 is 0. The van der Waals surface area contributed by atoms with E-state index in [4.69, 9.17) is 9.73 Å². The Kier molecular flexibility index (Phi) is 10.7. The number of aliphatic imine (C=N–C) groups is 1. The van der Waals surface area contributed by atoms with E-state index in [1.807, 2.05) is 0 Å². The first-order chi connectivity index (χ1) is 9.07. The van der Waals surface area contributed by atoms with Crippen LogP contribution in [0, 0.1) is 17.8 Å². The van der Waals surface area contributed by atoms with Crippen molar-refractivity contribution in [1.29, 1.82) is 0 Å². The molecule has 0 aromatic carbocycles. The molecule has 1 aliphatic heterocycles. The van der Waals surface area contributed by atoms with E-state index in [1.165, 1.54) is 51.4 Å². The van der Waals surface area contributed by atoms with Gasteiger partial charge in [0.05, 0.1) is 6.04 Å². The van der Waals surface area contributed by atoms with Crippen LogP contribution in [0.2, 0.25) is 0 Å². The summed E-state index contributed by atoms with van der Waals surface area (Å²) in [7, 11) is 0. The van der Waals surface area contributed by atoms with Crippen LogP contribution in [0.25, 0.3) is 0 Å². The molecule has 0 radical (unpaired) electrons. The summed E-state index contributed by atoms with van der Waals surface area (Å²) in [6, 6.07) is 0.353. The minimum atomic E-state index is 0. The SMILES string of the molecule is C1CCCC1.CC(C)(C)[C@H]1COC(C2[CH-]CCC2)=N1.[Fe+2].[Li+]. The molecule has 3 aliphatic rings. The molecule has 2 nitrogen and oxygen atoms in total. The molecule has 2 atom stereocenters. The van der Waals surface area contributed by atoms with Crippen LogP contribution in [-0.2, 0) is 21.8 Å². The molecule has 4 heteroatoms. The van der Waals surface area contributed by atoms with Crippen molar-refractivity contribution in [2.45, 2.75) is 78.2 Å². The molecule has 2 fully saturated rings. The van der Waals surface area contributed by atoms with Gasteiger partial charge in [0.15, 0.2) is 5.90 Å². The molecule has 2 saturated carbocycles. The Hall–Kier alpha value is 0.587. The van der Waals surface area contributed by atoms with E-state index in [-0.39, 0.29) is 41.3 Å². The molecule has 1 heterocycles. The maximum absolute atomic E-state index is 5.69. The molecule has 21 heavy (non-hydrogen) atoms. The first-order valence-corrected chi connectivity index (χ1v) is 8.11. The normalized spacial score (nSPS) is 27.7. The molecule has 0 N–H and O–H groups in total. The van der Waals surface area contributed by atoms with E-state index in [2.05, 4.69) is 27.2 Å². The van der Waals surface area contributed by atoms with Crippen LogP contribution in [0.1, 0.15) is 72.1 Å². The van der Waals surface area contributed by atoms with Gasteiger partial charge in [0.2, 0.25) is 0 Å². The van der Waals surface area contributed by atoms with Gasteiger partial charge >= 0.3 is 35.9 Å². The molecular weight excluding hydrogens is 297 g/mol. The second kappa shape index (κ2) is 10.4. The van der Waals surface area contributed by atoms with Crippen LogP contribution >= 0.6 is 0 Å². The average Bonchev–Trinajstić information content (AvgIpc) is 3.13. The Balaban J connectivity index is 0.000000491. The molecular formula is C17H30FeLiNO+2. The Bertz CT molecular complexity index is 297. The maximum atomic E-state index is 5.69. The van der Waals surface area contributed by atoms with Crippen LogP contribution in [0.4, 0.5) is 0 Å². The molecule has 2 aliphatic carbocycles. The van der Waals surface area contributed by atoms with Crippen molar-refractivity contribution in [3.8, 4) is 0 Å². The zero-order valence-corrected chi connectivity index (χ0v) is 15.4. The van der Waals surface area contributed by atoms with Gasteiger partial charge in [-0.25, -0.2) is 0 Å². The molecule has 0 aromatic rings. The van der Waals surface area contributed by atoms with E-state index in [0.717, 1.165) is 12.5 Å². The van der Waals surface area contributed by atoms with Gasteiger partial charge in [0.1, 0.15) is 6.61 Å². The van der Waals surface area contributed by atoms with Gasteiger partial charge in [0.25, 0.3) is 0 Å². The van der Waals surface area contributed by atoms with Crippen LogP contribution in [0.3, 0.4) is 0 Å². The number of ether oxygens (including phenoxy) is 1. The third-order valence-electron chi connectivity index (χ3n) is 4.41. The molecule has 3 rings (SSSR count). The van der Waals surface area contributed by atoms with E-state index in [1.54, 1.807) is 0 Å². The summed E-state index contributed by atoms with van der Waals surface area (Å²) in [5.41, 5.74) is 0.236. The maximum Gasteiger partial charge on any atom is 2.00 e. The van der Waals surface area contributed by atoms with Crippen molar-refractivity contribution in [3.63, 3.8) is 0 Å². The molecule has 0 spiro atoms. The fraction of sp³-hybridized carbons (Fsp3) is 0.882. The standard InChI is InChI=1S/C12H20NO.C5H10.Fe.Li/c1-12(2,3)10-8-14-11(13-10)9-6-4-5-7-9;1-2-4-5-3-1;;/h6,9-10H,4-5,7-8H2,1-3H3;1-5H2;;/q-1;;+2;+1/t9?,10-;;;/m1.../s1. The number of hydrogen-bond donors (Lipinski definition) is 0. The first-order valence-electron chi connectivity index (χ1n) is 8.11. The van der Waals surface area contributed by atoms with Gasteiger partial charge in [-0.15, -0.1) is 0 Å². The molecule has 116 valence electrons. The fourth-order valence-corrected chi connectivity index (χ4v) is 2.92. The number of rotatable bonds is 1. The number of nitrogens with zero attached hydrogens (tertiary/aromatic N) is 1. The minimum absolute atomic E-state index is 0. The Morgan fingerprint density at radius 3 is 2.00 bits per heavy atom. The van der Waals surface area contributed by atoms with Gasteiger partial charge in [-0.05, 0) is 5.41 Å². The third kappa shape index (κ3) is 7.13. The zero-order valence-electron chi connectivity index (χ0n) is 14.3. The Labute approximate surface area is 153 Å². The van der Waals surface area contributed by atoms with Crippen molar-refractivity contribution in [2.75, 3.05) is 6.61 Å². The molecule has 0 saturated heterocycles. The summed E-state index contributed by atoms with van der Waals surface area (Å²) < 4.78 is 5.69. The average molecular weight is 327 g/mol. The van der Waals surface area contributed by atoms with E-state index < -0.39 is 0 Å². The minimum Gasteiger partial charge on any atom is -0.481 e. The van der Waals surface area contributed by atoms with Crippen LogP contribution in [0.5, 0.6) is 0 Å². The summed E-state index contributed by atoms with van der Waals surface area (Å²) in [6.45, 7) is 7.46. The Morgan fingerprint density at radius 1 is 1.05 bits per heavy atom. The second-order valence-electron chi connectivity index (χ2n) is 7.20. The fourth-order valence-electron chi connectivity index (χ4n) is 2.92. The van der Waals surface area contributed by atoms with E-state index in [9.17, 15) is 0 Å². The van der Waals surface area contributed by atoms with Gasteiger partial charge in [-0.1, -0.05) is 71.6 Å². The zero-order chi connectivity index (χ0) is 13.7. The van der Waals surface area contributed by atoms with E-state index in [0.29, 0.717) is 12.0 Å². The van der Waals surface area contributed by atoms with Crippen LogP contribution in [-0.4, -0.2) is 18.5 Å². The molecule has 1 unspecified atom stereocenters. The van der Waals surface area contributed by atoms with Crippen molar-refractivity contribution in [1.82, 2.24) is 0 Å². The van der Waals surface area contributed by atoms with Crippen molar-refractivity contribution < 1.29 is 40.7 Å². The summed E-state index contributed by atoms with van der Waals surface area (Å²) in [5.74, 6) is 1.52. The molecule has 0 bridgehead atoms. The quantitative estimate of drug-likeness (QED) is 0.532. The van der Waals surface area contributed by atoms with E-state index >= 15 is 0 Å². The van der Waals surface area contributed by atoms with Gasteiger partial charge in [-0.2, -0.15) is 6.42 Å². The Morgan fingerprint density at radius 2 is 1.62 bits per heavy atom. The van der Waals surface area contributed by atoms with Gasteiger partial charge in [0, 0.05) is 0 Å². The van der Waals surface area contributed by atoms with Crippen molar-refractivity contribution >= 4 is 5.90 Å². The van der Waals surface area contributed by atoms with Crippen molar-refractivity contribution in [2.24, 2.45) is 16.3 Å². The molecule has 0 aromatic heterocycles. The van der Waals surface area contributed by atoms with Crippen LogP contribution in [0.15, 0.2) is 4.99 Å². The monoisotopic (exact) mass is 327 g/mol. The largest absolute Gasteiger partial charge is 2.00 e. The predicted octanol–water partition coefficient (Wildman–Crippen LogP) is 1.79. The van der Waals surface area contributed by atoms with Gasteiger partial charge < -0.3 is 11.2 Å². The first kappa shape index (κ1) is 21.6. The summed E-state index contributed by atoms with van der Waals surface area (Å²) in [5, 5.41) is 0. The third-order valence-corrected chi connectivity index (χ3v) is 4.41. The predicted molar refractivity (Wildman–Crippen MR) is 81.4 cm³/mol. The summed E-state index contributed by atoms with van der Waals surface area (Å²) in [6.07, 6.45) is 13.6. The smallest absolute Gasteiger partial charge is 0.481 e. The second-order valence-corrected chi connectivity index (χ2v) is 7.20. The molecule has 0 amide bonds. The van der Waals surface area contributed by atoms with Crippen LogP contribution < -0.4 is 18.9 Å². The number of hydrogen-bond acceptors (Lipinski definition) is 2. The van der Waals surface area contributed by atoms with Crippen molar-refractivity contribution in [3.05, 3.63) is 6.42 Å². The summed E-state index contributed by atoms with van der Waals surface area (Å²) in [4.78, 5) is 4.70. The van der Waals surface area contributed by atoms with Gasteiger partial charge in [-0.3, -0.25) is 4.99 Å². The topological polar surface area (TPSA) is 21.6 Å².